The molecule has 0 bridgehead atoms. The Morgan fingerprint density at radius 2 is 2.14 bits per heavy atom. The van der Waals surface area contributed by atoms with Crippen molar-refractivity contribution in [3.8, 4) is 11.5 Å². The smallest absolute Gasteiger partial charge is 0.261 e. The highest BCUT2D eigenvalue weighted by Gasteiger charge is 2.29. The van der Waals surface area contributed by atoms with Gasteiger partial charge in [-0.05, 0) is 30.7 Å². The average Bonchev–Trinajstić information content (AvgIpc) is 3.08. The van der Waals surface area contributed by atoms with E-state index in [1.54, 1.807) is 18.2 Å². The molecule has 2 aromatic rings. The zero-order chi connectivity index (χ0) is 15.7. The van der Waals surface area contributed by atoms with Crippen molar-refractivity contribution in [1.82, 2.24) is 10.3 Å². The first kappa shape index (κ1) is 14.6. The largest absolute Gasteiger partial charge is 0.463 e. The van der Waals surface area contributed by atoms with E-state index in [1.165, 1.54) is 12.3 Å². The molecule has 0 aromatic carbocycles. The number of nitrogens with one attached hydrogen (secondary N) is 2. The van der Waals surface area contributed by atoms with Crippen molar-refractivity contribution >= 4 is 15.7 Å². The summed E-state index contributed by atoms with van der Waals surface area (Å²) in [6.45, 7) is 0. The van der Waals surface area contributed by atoms with Crippen LogP contribution in [-0.2, 0) is 9.84 Å². The van der Waals surface area contributed by atoms with Gasteiger partial charge in [0, 0.05) is 6.04 Å². The Kier molecular flexibility index (Phi) is 3.61. The highest BCUT2D eigenvalue weighted by atomic mass is 32.2. The van der Waals surface area contributed by atoms with E-state index in [0.717, 1.165) is 0 Å². The van der Waals surface area contributed by atoms with Crippen molar-refractivity contribution in [2.45, 2.75) is 12.5 Å². The minimum atomic E-state index is -3.08. The molecule has 0 saturated carbocycles. The maximum Gasteiger partial charge on any atom is 0.261 e. The summed E-state index contributed by atoms with van der Waals surface area (Å²) in [5.41, 5.74) is -0.137. The van der Waals surface area contributed by atoms with Crippen molar-refractivity contribution in [2.24, 2.45) is 0 Å². The number of amides is 1. The Bertz CT molecular complexity index is 852. The maximum absolute atomic E-state index is 12.1. The Morgan fingerprint density at radius 3 is 2.73 bits per heavy atom. The van der Waals surface area contributed by atoms with Gasteiger partial charge >= 0.3 is 0 Å². The van der Waals surface area contributed by atoms with E-state index in [0.29, 0.717) is 17.9 Å². The van der Waals surface area contributed by atoms with Gasteiger partial charge in [-0.1, -0.05) is 0 Å². The predicted octanol–water partition coefficient (Wildman–Crippen LogP) is 0.552. The van der Waals surface area contributed by atoms with Gasteiger partial charge in [-0.15, -0.1) is 0 Å². The van der Waals surface area contributed by atoms with Gasteiger partial charge in [0.2, 0.25) is 0 Å². The van der Waals surface area contributed by atoms with Gasteiger partial charge < -0.3 is 14.7 Å². The summed E-state index contributed by atoms with van der Waals surface area (Å²) in [5.74, 6) is -0.104. The molecule has 22 heavy (non-hydrogen) atoms. The second kappa shape index (κ2) is 5.45. The van der Waals surface area contributed by atoms with Crippen molar-refractivity contribution < 1.29 is 17.6 Å². The van der Waals surface area contributed by atoms with Crippen molar-refractivity contribution in [3.63, 3.8) is 0 Å². The lowest BCUT2D eigenvalue weighted by Crippen LogP contribution is -2.38. The Hall–Kier alpha value is -2.35. The molecule has 0 radical (unpaired) electrons. The molecule has 1 aliphatic heterocycles. The monoisotopic (exact) mass is 322 g/mol. The van der Waals surface area contributed by atoms with Crippen molar-refractivity contribution in [3.05, 3.63) is 46.4 Å². The van der Waals surface area contributed by atoms with Crippen LogP contribution in [0.4, 0.5) is 0 Å². The van der Waals surface area contributed by atoms with Crippen LogP contribution in [0, 0.1) is 0 Å². The molecule has 7 nitrogen and oxygen atoms in total. The fourth-order valence-corrected chi connectivity index (χ4v) is 4.07. The Labute approximate surface area is 126 Å². The molecule has 1 saturated heterocycles. The third-order valence-electron chi connectivity index (χ3n) is 3.51. The molecular weight excluding hydrogens is 308 g/mol. The topological polar surface area (TPSA) is 109 Å². The van der Waals surface area contributed by atoms with E-state index < -0.39 is 27.3 Å². The fourth-order valence-electron chi connectivity index (χ4n) is 2.40. The normalized spacial score (nSPS) is 19.9. The van der Waals surface area contributed by atoms with Crippen LogP contribution in [0.1, 0.15) is 16.8 Å². The maximum atomic E-state index is 12.1. The molecule has 8 heteroatoms. The SMILES string of the molecule is O=C(NC1CCS(=O)(=O)C1)c1ccc(-c2ccco2)[nH]c1=O. The zero-order valence-electron chi connectivity index (χ0n) is 11.5. The molecule has 0 spiro atoms. The van der Waals surface area contributed by atoms with Crippen molar-refractivity contribution in [1.29, 1.82) is 0 Å². The molecule has 1 amide bonds. The van der Waals surface area contributed by atoms with Gasteiger partial charge in [0.1, 0.15) is 11.3 Å². The van der Waals surface area contributed by atoms with Crippen LogP contribution in [-0.4, -0.2) is 36.9 Å². The minimum Gasteiger partial charge on any atom is -0.463 e. The second-order valence-electron chi connectivity index (χ2n) is 5.17. The molecule has 1 aliphatic rings. The van der Waals surface area contributed by atoms with Crippen LogP contribution < -0.4 is 10.9 Å². The van der Waals surface area contributed by atoms with E-state index >= 15 is 0 Å². The van der Waals surface area contributed by atoms with Gasteiger partial charge in [-0.25, -0.2) is 8.42 Å². The van der Waals surface area contributed by atoms with E-state index in [1.807, 2.05) is 0 Å². The van der Waals surface area contributed by atoms with Gasteiger partial charge in [0.05, 0.1) is 23.5 Å². The van der Waals surface area contributed by atoms with Gasteiger partial charge in [-0.2, -0.15) is 0 Å². The summed E-state index contributed by atoms with van der Waals surface area (Å²) in [6.07, 6.45) is 1.85. The van der Waals surface area contributed by atoms with Crippen LogP contribution in [0.3, 0.4) is 0 Å². The summed E-state index contributed by atoms with van der Waals surface area (Å²) >= 11 is 0. The number of hydrogen-bond donors (Lipinski definition) is 2. The van der Waals surface area contributed by atoms with E-state index in [-0.39, 0.29) is 17.1 Å². The third-order valence-corrected chi connectivity index (χ3v) is 5.28. The summed E-state index contributed by atoms with van der Waals surface area (Å²) in [6, 6.07) is 5.90. The Morgan fingerprint density at radius 1 is 1.32 bits per heavy atom. The first-order valence-electron chi connectivity index (χ1n) is 6.73. The number of aromatic amines is 1. The molecule has 3 heterocycles. The van der Waals surface area contributed by atoms with E-state index in [4.69, 9.17) is 4.42 Å². The molecule has 3 rings (SSSR count). The summed E-state index contributed by atoms with van der Waals surface area (Å²) in [7, 11) is -3.08. The van der Waals surface area contributed by atoms with Gasteiger partial charge in [0.25, 0.3) is 11.5 Å². The summed E-state index contributed by atoms with van der Waals surface area (Å²) in [5, 5.41) is 2.58. The van der Waals surface area contributed by atoms with E-state index in [9.17, 15) is 18.0 Å². The van der Waals surface area contributed by atoms with Crippen LogP contribution in [0.25, 0.3) is 11.5 Å². The molecule has 2 aromatic heterocycles. The van der Waals surface area contributed by atoms with Gasteiger partial charge in [-0.3, -0.25) is 9.59 Å². The highest BCUT2D eigenvalue weighted by molar-refractivity contribution is 7.91. The fraction of sp³-hybridized carbons (Fsp3) is 0.286. The van der Waals surface area contributed by atoms with Crippen LogP contribution in [0.5, 0.6) is 0 Å². The van der Waals surface area contributed by atoms with Crippen LogP contribution in [0.2, 0.25) is 0 Å². The highest BCUT2D eigenvalue weighted by Crippen LogP contribution is 2.16. The molecule has 1 unspecified atom stereocenters. The molecule has 116 valence electrons. The lowest BCUT2D eigenvalue weighted by molar-refractivity contribution is 0.0939. The number of H-pyrrole nitrogens is 1. The molecule has 2 N–H and O–H groups in total. The van der Waals surface area contributed by atoms with Crippen LogP contribution >= 0.6 is 0 Å². The molecule has 1 atom stereocenters. The lowest BCUT2D eigenvalue weighted by atomic mass is 10.2. The molecule has 0 aliphatic carbocycles. The number of sulfone groups is 1. The summed E-state index contributed by atoms with van der Waals surface area (Å²) in [4.78, 5) is 26.7. The second-order valence-corrected chi connectivity index (χ2v) is 7.39. The zero-order valence-corrected chi connectivity index (χ0v) is 12.4. The Balaban J connectivity index is 1.78. The number of carbonyl (C=O) groups is 1. The first-order valence-corrected chi connectivity index (χ1v) is 8.55. The quantitative estimate of drug-likeness (QED) is 0.858. The number of aromatic nitrogens is 1. The molecular formula is C14H14N2O5S. The van der Waals surface area contributed by atoms with Crippen molar-refractivity contribution in [2.75, 3.05) is 11.5 Å². The number of pyridine rings is 1. The number of carbonyl (C=O) groups excluding carboxylic acids is 1. The molecule has 1 fully saturated rings. The summed E-state index contributed by atoms with van der Waals surface area (Å²) < 4.78 is 27.9. The van der Waals surface area contributed by atoms with E-state index in [2.05, 4.69) is 10.3 Å². The van der Waals surface area contributed by atoms with Gasteiger partial charge in [0.15, 0.2) is 9.84 Å². The number of furan rings is 1. The minimum absolute atomic E-state index is 0.0559. The van der Waals surface area contributed by atoms with Crippen LogP contribution in [0.15, 0.2) is 39.7 Å². The first-order chi connectivity index (χ1) is 10.4. The lowest BCUT2D eigenvalue weighted by Gasteiger charge is -2.10. The third kappa shape index (κ3) is 2.96. The number of rotatable bonds is 3. The number of hydrogen-bond acceptors (Lipinski definition) is 5. The average molecular weight is 322 g/mol. The standard InChI is InChI=1S/C14H14N2O5S/c17-13(15-9-5-7-22(19,20)8-9)10-3-4-11(16-14(10)18)12-2-1-6-21-12/h1-4,6,9H,5,7-8H2,(H,15,17)(H,16,18). The predicted molar refractivity (Wildman–Crippen MR) is 79.3 cm³/mol.